The number of hydrogen-bond acceptors (Lipinski definition) is 5. The lowest BCUT2D eigenvalue weighted by atomic mass is 9.92. The first kappa shape index (κ1) is 17.9. The van der Waals surface area contributed by atoms with Gasteiger partial charge in [-0.15, -0.1) is 0 Å². The van der Waals surface area contributed by atoms with Gasteiger partial charge in [0, 0.05) is 18.1 Å². The zero-order valence-corrected chi connectivity index (χ0v) is 14.9. The molecule has 23 heavy (non-hydrogen) atoms. The number of rotatable bonds is 5. The number of sulfone groups is 1. The average Bonchev–Trinajstić information content (AvgIpc) is 2.99. The highest BCUT2D eigenvalue weighted by Crippen LogP contribution is 2.30. The Balaban J connectivity index is 2.28. The number of amides is 1. The van der Waals surface area contributed by atoms with Crippen molar-refractivity contribution >= 4 is 21.6 Å². The lowest BCUT2D eigenvalue weighted by Crippen LogP contribution is -2.22. The fourth-order valence-corrected chi connectivity index (χ4v) is 4.17. The summed E-state index contributed by atoms with van der Waals surface area (Å²) in [5.41, 5.74) is 0.621. The molecule has 1 N–H and O–H groups in total. The summed E-state index contributed by atoms with van der Waals surface area (Å²) in [7, 11) is -3.03. The van der Waals surface area contributed by atoms with Gasteiger partial charge in [0.2, 0.25) is 0 Å². The predicted octanol–water partition coefficient (Wildman–Crippen LogP) is 1.52. The van der Waals surface area contributed by atoms with Gasteiger partial charge in [-0.2, -0.15) is 5.10 Å². The highest BCUT2D eigenvalue weighted by Gasteiger charge is 2.32. The van der Waals surface area contributed by atoms with Crippen LogP contribution in [0.1, 0.15) is 45.9 Å². The summed E-state index contributed by atoms with van der Waals surface area (Å²) in [6.45, 7) is 8.32. The van der Waals surface area contributed by atoms with Crippen LogP contribution in [0.3, 0.4) is 0 Å². The number of carbonyl (C=O) groups excluding carboxylic acids is 1. The maximum atomic E-state index is 11.9. The van der Waals surface area contributed by atoms with Gasteiger partial charge in [0.1, 0.15) is 12.4 Å². The molecule has 1 aromatic heterocycles. The van der Waals surface area contributed by atoms with Crippen molar-refractivity contribution in [2.45, 2.75) is 45.6 Å². The van der Waals surface area contributed by atoms with Gasteiger partial charge in [-0.1, -0.05) is 20.8 Å². The molecule has 1 fully saturated rings. The average molecular weight is 343 g/mol. The van der Waals surface area contributed by atoms with Crippen LogP contribution in [0.15, 0.2) is 6.07 Å². The first-order valence-electron chi connectivity index (χ1n) is 7.80. The molecule has 1 saturated heterocycles. The Morgan fingerprint density at radius 1 is 1.48 bits per heavy atom. The van der Waals surface area contributed by atoms with Crippen LogP contribution in [0.4, 0.5) is 5.82 Å². The van der Waals surface area contributed by atoms with Gasteiger partial charge in [0.05, 0.1) is 23.2 Å². The first-order valence-corrected chi connectivity index (χ1v) is 9.62. The summed E-state index contributed by atoms with van der Waals surface area (Å²) in [5, 5.41) is 7.34. The standard InChI is InChI=1S/C15H25N3O4S/c1-5-22-9-14(19)16-13-8-12(15(2,3)4)17-18(13)11-6-7-23(20,21)10-11/h8,11H,5-7,9-10H2,1-4H3,(H,16,19). The van der Waals surface area contributed by atoms with E-state index in [9.17, 15) is 13.2 Å². The summed E-state index contributed by atoms with van der Waals surface area (Å²) in [6.07, 6.45) is 0.516. The van der Waals surface area contributed by atoms with Crippen LogP contribution in [-0.4, -0.2) is 48.8 Å². The minimum Gasteiger partial charge on any atom is -0.372 e. The molecule has 2 rings (SSSR count). The number of anilines is 1. The molecule has 0 saturated carbocycles. The fourth-order valence-electron chi connectivity index (χ4n) is 2.47. The van der Waals surface area contributed by atoms with Crippen molar-refractivity contribution < 1.29 is 17.9 Å². The quantitative estimate of drug-likeness (QED) is 0.875. The Morgan fingerprint density at radius 3 is 2.70 bits per heavy atom. The van der Waals surface area contributed by atoms with Crippen molar-refractivity contribution in [3.8, 4) is 0 Å². The molecule has 1 aromatic rings. The van der Waals surface area contributed by atoms with E-state index in [1.165, 1.54) is 0 Å². The summed E-state index contributed by atoms with van der Waals surface area (Å²) < 4.78 is 30.2. The van der Waals surface area contributed by atoms with E-state index in [1.54, 1.807) is 4.68 Å². The predicted molar refractivity (Wildman–Crippen MR) is 88.4 cm³/mol. The highest BCUT2D eigenvalue weighted by molar-refractivity contribution is 7.91. The third kappa shape index (κ3) is 4.54. The summed E-state index contributed by atoms with van der Waals surface area (Å²) in [5.74, 6) is 0.484. The Kier molecular flexibility index (Phi) is 5.15. The van der Waals surface area contributed by atoms with Crippen LogP contribution in [0.25, 0.3) is 0 Å². The maximum absolute atomic E-state index is 11.9. The molecule has 1 unspecified atom stereocenters. The van der Waals surface area contributed by atoms with Crippen LogP contribution < -0.4 is 5.32 Å². The fraction of sp³-hybridized carbons (Fsp3) is 0.733. The molecule has 1 aliphatic heterocycles. The van der Waals surface area contributed by atoms with E-state index in [1.807, 2.05) is 33.8 Å². The number of hydrogen-bond donors (Lipinski definition) is 1. The summed E-state index contributed by atoms with van der Waals surface area (Å²) >= 11 is 0. The largest absolute Gasteiger partial charge is 0.372 e. The Hall–Kier alpha value is -1.41. The second-order valence-electron chi connectivity index (χ2n) is 6.85. The Labute approximate surface area is 137 Å². The maximum Gasteiger partial charge on any atom is 0.251 e. The molecule has 2 heterocycles. The minimum absolute atomic E-state index is 0.0322. The van der Waals surface area contributed by atoms with Gasteiger partial charge >= 0.3 is 0 Å². The smallest absolute Gasteiger partial charge is 0.251 e. The summed E-state index contributed by atoms with van der Waals surface area (Å²) in [6, 6.07) is 1.58. The van der Waals surface area contributed by atoms with Crippen LogP contribution in [0, 0.1) is 0 Å². The van der Waals surface area contributed by atoms with E-state index in [4.69, 9.17) is 4.74 Å². The Bertz CT molecular complexity index is 673. The second kappa shape index (κ2) is 6.60. The number of nitrogens with zero attached hydrogens (tertiary/aromatic N) is 2. The third-order valence-corrected chi connectivity index (χ3v) is 5.51. The number of aromatic nitrogens is 2. The molecule has 0 radical (unpaired) electrons. The van der Waals surface area contributed by atoms with Gasteiger partial charge < -0.3 is 10.1 Å². The molecule has 0 aromatic carbocycles. The number of carbonyl (C=O) groups is 1. The van der Waals surface area contributed by atoms with Gasteiger partial charge in [-0.3, -0.25) is 4.79 Å². The monoisotopic (exact) mass is 343 g/mol. The number of ether oxygens (including phenoxy) is 1. The molecular weight excluding hydrogens is 318 g/mol. The molecule has 8 heteroatoms. The van der Waals surface area contributed by atoms with Crippen LogP contribution in [0.5, 0.6) is 0 Å². The van der Waals surface area contributed by atoms with Crippen molar-refractivity contribution in [1.29, 1.82) is 0 Å². The van der Waals surface area contributed by atoms with E-state index in [2.05, 4.69) is 10.4 Å². The molecule has 0 spiro atoms. The van der Waals surface area contributed by atoms with E-state index in [0.29, 0.717) is 18.8 Å². The highest BCUT2D eigenvalue weighted by atomic mass is 32.2. The van der Waals surface area contributed by atoms with E-state index < -0.39 is 9.84 Å². The van der Waals surface area contributed by atoms with Crippen molar-refractivity contribution in [2.75, 3.05) is 30.0 Å². The van der Waals surface area contributed by atoms with Gasteiger partial charge in [0.15, 0.2) is 9.84 Å². The minimum atomic E-state index is -3.03. The van der Waals surface area contributed by atoms with Gasteiger partial charge in [-0.05, 0) is 13.3 Å². The number of nitrogens with one attached hydrogen (secondary N) is 1. The van der Waals surface area contributed by atoms with E-state index >= 15 is 0 Å². The first-order chi connectivity index (χ1) is 10.6. The molecule has 130 valence electrons. The third-order valence-electron chi connectivity index (χ3n) is 3.76. The topological polar surface area (TPSA) is 90.3 Å². The molecule has 1 atom stereocenters. The van der Waals surface area contributed by atoms with E-state index in [-0.39, 0.29) is 35.5 Å². The zero-order chi connectivity index (χ0) is 17.3. The van der Waals surface area contributed by atoms with E-state index in [0.717, 1.165) is 5.69 Å². The molecule has 1 amide bonds. The van der Waals surface area contributed by atoms with Crippen molar-refractivity contribution in [3.63, 3.8) is 0 Å². The lowest BCUT2D eigenvalue weighted by Gasteiger charge is -2.15. The Morgan fingerprint density at radius 2 is 2.17 bits per heavy atom. The molecule has 0 bridgehead atoms. The molecular formula is C15H25N3O4S. The SMILES string of the molecule is CCOCC(=O)Nc1cc(C(C)(C)C)nn1C1CCS(=O)(=O)C1. The molecule has 0 aliphatic carbocycles. The van der Waals surface area contributed by atoms with Crippen molar-refractivity contribution in [2.24, 2.45) is 0 Å². The van der Waals surface area contributed by atoms with Crippen LogP contribution in [-0.2, 0) is 24.8 Å². The lowest BCUT2D eigenvalue weighted by molar-refractivity contribution is -0.120. The van der Waals surface area contributed by atoms with Gasteiger partial charge in [0.25, 0.3) is 5.91 Å². The second-order valence-corrected chi connectivity index (χ2v) is 9.08. The molecule has 7 nitrogen and oxygen atoms in total. The molecule has 1 aliphatic rings. The summed E-state index contributed by atoms with van der Waals surface area (Å²) in [4.78, 5) is 11.9. The van der Waals surface area contributed by atoms with Crippen molar-refractivity contribution in [1.82, 2.24) is 9.78 Å². The van der Waals surface area contributed by atoms with Crippen molar-refractivity contribution in [3.05, 3.63) is 11.8 Å². The van der Waals surface area contributed by atoms with Crippen LogP contribution >= 0.6 is 0 Å². The normalized spacial score (nSPS) is 20.6. The zero-order valence-electron chi connectivity index (χ0n) is 14.1. The van der Waals surface area contributed by atoms with Gasteiger partial charge in [-0.25, -0.2) is 13.1 Å². The van der Waals surface area contributed by atoms with Crippen LogP contribution in [0.2, 0.25) is 0 Å².